The molecule has 0 spiro atoms. The number of anilines is 1. The average Bonchev–Trinajstić information content (AvgIpc) is 3.11. The number of pyridine rings is 1. The molecule has 24 heavy (non-hydrogen) atoms. The van der Waals surface area contributed by atoms with Gasteiger partial charge in [-0.3, -0.25) is 10.1 Å². The van der Waals surface area contributed by atoms with E-state index in [9.17, 15) is 4.79 Å². The van der Waals surface area contributed by atoms with Crippen molar-refractivity contribution in [3.63, 3.8) is 0 Å². The van der Waals surface area contributed by atoms with Crippen LogP contribution in [0.3, 0.4) is 0 Å². The van der Waals surface area contributed by atoms with Gasteiger partial charge in [0.25, 0.3) is 5.91 Å². The van der Waals surface area contributed by atoms with Gasteiger partial charge < -0.3 is 4.40 Å². The molecule has 3 heterocycles. The molecule has 0 saturated carbocycles. The SMILES string of the molecule is Cc1cc(C)c2nc(NC(=O)c3cn4c(C)cccc4n3)sc2c1. The molecule has 0 aliphatic rings. The molecule has 0 saturated heterocycles. The second-order valence-corrected chi connectivity index (χ2v) is 6.95. The number of fused-ring (bicyclic) bond motifs is 2. The lowest BCUT2D eigenvalue weighted by atomic mass is 10.1. The second kappa shape index (κ2) is 5.42. The maximum absolute atomic E-state index is 12.5. The number of carbonyl (C=O) groups excluding carboxylic acids is 1. The minimum atomic E-state index is -0.244. The number of thiazole rings is 1. The van der Waals surface area contributed by atoms with Crippen molar-refractivity contribution < 1.29 is 4.79 Å². The topological polar surface area (TPSA) is 59.3 Å². The van der Waals surface area contributed by atoms with Crippen molar-refractivity contribution >= 4 is 38.2 Å². The van der Waals surface area contributed by atoms with Crippen LogP contribution in [0.25, 0.3) is 15.9 Å². The Hall–Kier alpha value is -2.73. The molecule has 120 valence electrons. The van der Waals surface area contributed by atoms with E-state index in [0.29, 0.717) is 10.8 Å². The third kappa shape index (κ3) is 2.45. The van der Waals surface area contributed by atoms with Crippen molar-refractivity contribution in [3.8, 4) is 0 Å². The Morgan fingerprint density at radius 3 is 2.79 bits per heavy atom. The van der Waals surface area contributed by atoms with Gasteiger partial charge in [0, 0.05) is 11.9 Å². The summed E-state index contributed by atoms with van der Waals surface area (Å²) in [5, 5.41) is 3.46. The number of aryl methyl sites for hydroxylation is 3. The Balaban J connectivity index is 1.68. The summed E-state index contributed by atoms with van der Waals surface area (Å²) in [5.41, 5.74) is 5.42. The Labute approximate surface area is 143 Å². The average molecular weight is 336 g/mol. The fraction of sp³-hybridized carbons (Fsp3) is 0.167. The normalized spacial score (nSPS) is 11.3. The van der Waals surface area contributed by atoms with Gasteiger partial charge in [-0.15, -0.1) is 0 Å². The molecular weight excluding hydrogens is 320 g/mol. The highest BCUT2D eigenvalue weighted by Gasteiger charge is 2.14. The third-order valence-corrected chi connectivity index (χ3v) is 4.90. The molecule has 0 aliphatic heterocycles. The Morgan fingerprint density at radius 1 is 1.17 bits per heavy atom. The van der Waals surface area contributed by atoms with E-state index in [1.165, 1.54) is 16.9 Å². The summed E-state index contributed by atoms with van der Waals surface area (Å²) in [4.78, 5) is 21.4. The zero-order valence-electron chi connectivity index (χ0n) is 13.6. The number of amides is 1. The van der Waals surface area contributed by atoms with Gasteiger partial charge >= 0.3 is 0 Å². The lowest BCUT2D eigenvalue weighted by Gasteiger charge is -1.97. The van der Waals surface area contributed by atoms with Gasteiger partial charge in [-0.2, -0.15) is 0 Å². The lowest BCUT2D eigenvalue weighted by Crippen LogP contribution is -2.11. The van der Waals surface area contributed by atoms with E-state index >= 15 is 0 Å². The number of hydrogen-bond acceptors (Lipinski definition) is 4. The van der Waals surface area contributed by atoms with Gasteiger partial charge in [0.15, 0.2) is 5.13 Å². The molecule has 4 rings (SSSR count). The summed E-state index contributed by atoms with van der Waals surface area (Å²) >= 11 is 1.48. The first-order chi connectivity index (χ1) is 11.5. The number of nitrogens with one attached hydrogen (secondary N) is 1. The van der Waals surface area contributed by atoms with Gasteiger partial charge in [0.1, 0.15) is 11.3 Å². The molecule has 0 radical (unpaired) electrons. The standard InChI is InChI=1S/C18H16N4OS/c1-10-7-11(2)16-14(8-10)24-18(20-16)21-17(23)13-9-22-12(3)5-4-6-15(22)19-13/h4-9H,1-3H3,(H,20,21,23). The van der Waals surface area contributed by atoms with E-state index in [2.05, 4.69) is 34.3 Å². The van der Waals surface area contributed by atoms with Crippen LogP contribution in [0.2, 0.25) is 0 Å². The quantitative estimate of drug-likeness (QED) is 0.599. The molecule has 1 amide bonds. The van der Waals surface area contributed by atoms with Crippen molar-refractivity contribution in [1.82, 2.24) is 14.4 Å². The first kappa shape index (κ1) is 14.8. The molecule has 0 aliphatic carbocycles. The molecule has 0 fully saturated rings. The molecular formula is C18H16N4OS. The summed E-state index contributed by atoms with van der Waals surface area (Å²) in [7, 11) is 0. The van der Waals surface area contributed by atoms with Crippen LogP contribution in [-0.2, 0) is 0 Å². The second-order valence-electron chi connectivity index (χ2n) is 5.92. The molecule has 1 aromatic carbocycles. The summed E-state index contributed by atoms with van der Waals surface area (Å²) < 4.78 is 2.98. The summed E-state index contributed by atoms with van der Waals surface area (Å²) in [5.74, 6) is -0.244. The Kier molecular flexibility index (Phi) is 3.35. The molecule has 6 heteroatoms. The maximum Gasteiger partial charge on any atom is 0.277 e. The van der Waals surface area contributed by atoms with E-state index in [-0.39, 0.29) is 5.91 Å². The van der Waals surface area contributed by atoms with Crippen LogP contribution in [0.5, 0.6) is 0 Å². The molecule has 0 bridgehead atoms. The monoisotopic (exact) mass is 336 g/mol. The van der Waals surface area contributed by atoms with Crippen molar-refractivity contribution in [2.45, 2.75) is 20.8 Å². The van der Waals surface area contributed by atoms with Crippen molar-refractivity contribution in [2.75, 3.05) is 5.32 Å². The zero-order chi connectivity index (χ0) is 16.8. The summed E-state index contributed by atoms with van der Waals surface area (Å²) in [6.45, 7) is 6.07. The van der Waals surface area contributed by atoms with Crippen LogP contribution in [0.4, 0.5) is 5.13 Å². The summed E-state index contributed by atoms with van der Waals surface area (Å²) in [6.07, 6.45) is 1.75. The molecule has 4 aromatic rings. The van der Waals surface area contributed by atoms with Crippen molar-refractivity contribution in [3.05, 3.63) is 59.0 Å². The van der Waals surface area contributed by atoms with Crippen molar-refractivity contribution in [2.24, 2.45) is 0 Å². The molecule has 1 N–H and O–H groups in total. The molecule has 5 nitrogen and oxygen atoms in total. The van der Waals surface area contributed by atoms with Crippen LogP contribution >= 0.6 is 11.3 Å². The number of rotatable bonds is 2. The number of carbonyl (C=O) groups is 1. The Bertz CT molecular complexity index is 1090. The fourth-order valence-electron chi connectivity index (χ4n) is 2.84. The first-order valence-corrected chi connectivity index (χ1v) is 8.47. The van der Waals surface area contributed by atoms with Gasteiger partial charge in [-0.1, -0.05) is 23.5 Å². The maximum atomic E-state index is 12.5. The smallest absolute Gasteiger partial charge is 0.277 e. The zero-order valence-corrected chi connectivity index (χ0v) is 14.4. The van der Waals surface area contributed by atoms with E-state index < -0.39 is 0 Å². The van der Waals surface area contributed by atoms with Crippen LogP contribution in [-0.4, -0.2) is 20.3 Å². The first-order valence-electron chi connectivity index (χ1n) is 7.65. The molecule has 0 atom stereocenters. The fourth-order valence-corrected chi connectivity index (χ4v) is 3.88. The van der Waals surface area contributed by atoms with E-state index in [0.717, 1.165) is 27.1 Å². The number of nitrogens with zero attached hydrogens (tertiary/aromatic N) is 3. The van der Waals surface area contributed by atoms with Crippen LogP contribution in [0, 0.1) is 20.8 Å². The van der Waals surface area contributed by atoms with E-state index in [1.807, 2.05) is 36.4 Å². The predicted octanol–water partition coefficient (Wildman–Crippen LogP) is 4.12. The molecule has 3 aromatic heterocycles. The van der Waals surface area contributed by atoms with Crippen LogP contribution in [0.15, 0.2) is 36.5 Å². The van der Waals surface area contributed by atoms with Gasteiger partial charge in [0.05, 0.1) is 10.2 Å². The highest BCUT2D eigenvalue weighted by atomic mass is 32.1. The number of imidazole rings is 1. The highest BCUT2D eigenvalue weighted by molar-refractivity contribution is 7.22. The van der Waals surface area contributed by atoms with Gasteiger partial charge in [-0.25, -0.2) is 9.97 Å². The minimum Gasteiger partial charge on any atom is -0.304 e. The van der Waals surface area contributed by atoms with E-state index in [1.54, 1.807) is 6.20 Å². The third-order valence-electron chi connectivity index (χ3n) is 3.98. The Morgan fingerprint density at radius 2 is 2.00 bits per heavy atom. The minimum absolute atomic E-state index is 0.244. The summed E-state index contributed by atoms with van der Waals surface area (Å²) in [6, 6.07) is 9.98. The molecule has 0 unspecified atom stereocenters. The van der Waals surface area contributed by atoms with Crippen LogP contribution < -0.4 is 5.32 Å². The largest absolute Gasteiger partial charge is 0.304 e. The van der Waals surface area contributed by atoms with Crippen LogP contribution in [0.1, 0.15) is 27.3 Å². The van der Waals surface area contributed by atoms with E-state index in [4.69, 9.17) is 0 Å². The predicted molar refractivity (Wildman–Crippen MR) is 97.0 cm³/mol. The lowest BCUT2D eigenvalue weighted by molar-refractivity contribution is 0.102. The van der Waals surface area contributed by atoms with Gasteiger partial charge in [0.2, 0.25) is 0 Å². The highest BCUT2D eigenvalue weighted by Crippen LogP contribution is 2.29. The number of aromatic nitrogens is 3. The van der Waals surface area contributed by atoms with Gasteiger partial charge in [-0.05, 0) is 50.1 Å². The number of benzene rings is 1. The number of hydrogen-bond donors (Lipinski definition) is 1. The van der Waals surface area contributed by atoms with Crippen molar-refractivity contribution in [1.29, 1.82) is 0 Å².